The molecule has 3 atom stereocenters. The van der Waals surface area contributed by atoms with Gasteiger partial charge >= 0.3 is 0 Å². The molecule has 10 heteroatoms. The van der Waals surface area contributed by atoms with E-state index in [1.54, 1.807) is 19.1 Å². The van der Waals surface area contributed by atoms with Crippen molar-refractivity contribution in [2.24, 2.45) is 5.92 Å². The minimum atomic E-state index is -3.91. The molecule has 1 aromatic rings. The molecule has 0 unspecified atom stereocenters. The van der Waals surface area contributed by atoms with Gasteiger partial charge in [0.1, 0.15) is 16.7 Å². The number of rotatable bonds is 6. The van der Waals surface area contributed by atoms with Crippen LogP contribution in [-0.2, 0) is 20.0 Å². The van der Waals surface area contributed by atoms with Gasteiger partial charge in [-0.1, -0.05) is 25.1 Å². The van der Waals surface area contributed by atoms with Crippen molar-refractivity contribution in [1.82, 2.24) is 8.61 Å². The summed E-state index contributed by atoms with van der Waals surface area (Å²) >= 11 is 0. The molecule has 1 N–H and O–H groups in total. The van der Waals surface area contributed by atoms with Gasteiger partial charge in [-0.15, -0.1) is 0 Å². The Bertz CT molecular complexity index is 959. The molecule has 0 spiro atoms. The maximum atomic E-state index is 13.3. The number of hydrogen-bond donors (Lipinski definition) is 1. The molecule has 1 aromatic carbocycles. The summed E-state index contributed by atoms with van der Waals surface area (Å²) < 4.78 is 58.9. The van der Waals surface area contributed by atoms with E-state index in [0.717, 1.165) is 11.8 Å². The average molecular weight is 447 g/mol. The standard InChI is InChI=1S/C19H30N2O6S2/c1-6-7-16-8-9-19-17(10-16)27-18(12-20(4)28(5,23)24)14(2)11-21(15(3)13-22)29(19,25)26/h6-10,14-15,18,22H,11-13H2,1-5H3/b7-6+/t14-,15+,18-/m0/s1. The highest BCUT2D eigenvalue weighted by molar-refractivity contribution is 7.89. The van der Waals surface area contributed by atoms with Gasteiger partial charge in [0.15, 0.2) is 0 Å². The van der Waals surface area contributed by atoms with E-state index in [4.69, 9.17) is 4.74 Å². The number of nitrogens with zero attached hydrogens (tertiary/aromatic N) is 2. The van der Waals surface area contributed by atoms with Crippen LogP contribution in [0, 0.1) is 5.92 Å². The predicted molar refractivity (Wildman–Crippen MR) is 113 cm³/mol. The number of benzene rings is 1. The Hall–Kier alpha value is -1.46. The molecule has 8 nitrogen and oxygen atoms in total. The molecule has 1 heterocycles. The Kier molecular flexibility index (Phi) is 7.50. The summed E-state index contributed by atoms with van der Waals surface area (Å²) in [5.74, 6) is -0.143. The second kappa shape index (κ2) is 9.13. The topological polar surface area (TPSA) is 104 Å². The summed E-state index contributed by atoms with van der Waals surface area (Å²) in [7, 11) is -5.87. The first-order valence-corrected chi connectivity index (χ1v) is 12.7. The molecule has 0 fully saturated rings. The molecule has 0 amide bonds. The number of allylic oxidation sites excluding steroid dienone is 1. The minimum Gasteiger partial charge on any atom is -0.487 e. The van der Waals surface area contributed by atoms with Gasteiger partial charge in [-0.25, -0.2) is 21.1 Å². The zero-order valence-electron chi connectivity index (χ0n) is 17.4. The van der Waals surface area contributed by atoms with Crippen molar-refractivity contribution in [3.63, 3.8) is 0 Å². The fourth-order valence-electron chi connectivity index (χ4n) is 3.14. The van der Waals surface area contributed by atoms with E-state index >= 15 is 0 Å². The summed E-state index contributed by atoms with van der Waals surface area (Å²) in [5.41, 5.74) is 0.770. The molecular weight excluding hydrogens is 416 g/mol. The first-order chi connectivity index (χ1) is 13.4. The average Bonchev–Trinajstić information content (AvgIpc) is 2.63. The lowest BCUT2D eigenvalue weighted by Gasteiger charge is -2.37. The van der Waals surface area contributed by atoms with Crippen molar-refractivity contribution >= 4 is 26.1 Å². The van der Waals surface area contributed by atoms with Gasteiger partial charge in [-0.05, 0) is 31.5 Å². The number of likely N-dealkylation sites (N-methyl/N-ethyl adjacent to an activating group) is 1. The Morgan fingerprint density at radius 2 is 2.07 bits per heavy atom. The molecule has 1 aliphatic heterocycles. The molecule has 0 saturated heterocycles. The van der Waals surface area contributed by atoms with E-state index in [9.17, 15) is 21.9 Å². The fourth-order valence-corrected chi connectivity index (χ4v) is 5.39. The molecule has 0 aromatic heterocycles. The van der Waals surface area contributed by atoms with Crippen molar-refractivity contribution < 1.29 is 26.7 Å². The molecule has 0 bridgehead atoms. The Morgan fingerprint density at radius 1 is 1.41 bits per heavy atom. The van der Waals surface area contributed by atoms with E-state index in [2.05, 4.69) is 0 Å². The van der Waals surface area contributed by atoms with Gasteiger partial charge in [0, 0.05) is 25.6 Å². The Morgan fingerprint density at radius 3 is 2.62 bits per heavy atom. The maximum absolute atomic E-state index is 13.3. The summed E-state index contributed by atoms with van der Waals surface area (Å²) in [6.45, 7) is 5.15. The first kappa shape index (κ1) is 23.8. The highest BCUT2D eigenvalue weighted by Gasteiger charge is 2.38. The fraction of sp³-hybridized carbons (Fsp3) is 0.579. The lowest BCUT2D eigenvalue weighted by Crippen LogP contribution is -2.50. The molecule has 0 saturated carbocycles. The highest BCUT2D eigenvalue weighted by Crippen LogP contribution is 2.34. The number of fused-ring (bicyclic) bond motifs is 1. The second-order valence-electron chi connectivity index (χ2n) is 7.49. The van der Waals surface area contributed by atoms with Crippen molar-refractivity contribution in [3.8, 4) is 5.75 Å². The smallest absolute Gasteiger partial charge is 0.247 e. The van der Waals surface area contributed by atoms with Crippen LogP contribution in [0.2, 0.25) is 0 Å². The van der Waals surface area contributed by atoms with Crippen LogP contribution in [0.5, 0.6) is 5.75 Å². The van der Waals surface area contributed by atoms with E-state index in [-0.39, 0.29) is 36.3 Å². The lowest BCUT2D eigenvalue weighted by molar-refractivity contribution is 0.0905. The van der Waals surface area contributed by atoms with E-state index in [1.807, 2.05) is 26.0 Å². The third-order valence-corrected chi connectivity index (χ3v) is 8.35. The van der Waals surface area contributed by atoms with Crippen molar-refractivity contribution in [2.75, 3.05) is 33.0 Å². The van der Waals surface area contributed by atoms with Crippen LogP contribution >= 0.6 is 0 Å². The quantitative estimate of drug-likeness (QED) is 0.708. The van der Waals surface area contributed by atoms with E-state index in [0.29, 0.717) is 0 Å². The van der Waals surface area contributed by atoms with E-state index in [1.165, 1.54) is 21.7 Å². The van der Waals surface area contributed by atoms with Crippen LogP contribution in [0.4, 0.5) is 0 Å². The molecule has 164 valence electrons. The van der Waals surface area contributed by atoms with Crippen molar-refractivity contribution in [1.29, 1.82) is 0 Å². The number of sulfonamides is 2. The first-order valence-electron chi connectivity index (χ1n) is 9.39. The van der Waals surface area contributed by atoms with Crippen LogP contribution in [0.25, 0.3) is 6.08 Å². The summed E-state index contributed by atoms with van der Waals surface area (Å²) in [6, 6.07) is 4.19. The predicted octanol–water partition coefficient (Wildman–Crippen LogP) is 1.38. The largest absolute Gasteiger partial charge is 0.487 e. The molecule has 29 heavy (non-hydrogen) atoms. The van der Waals surface area contributed by atoms with Crippen LogP contribution < -0.4 is 4.74 Å². The number of aliphatic hydroxyl groups is 1. The third-order valence-electron chi connectivity index (χ3n) is 5.05. The normalized spacial score (nSPS) is 24.0. The number of ether oxygens (including phenoxy) is 1. The van der Waals surface area contributed by atoms with Gasteiger partial charge in [0.2, 0.25) is 20.0 Å². The molecule has 2 rings (SSSR count). The monoisotopic (exact) mass is 446 g/mol. The summed E-state index contributed by atoms with van der Waals surface area (Å²) in [6.07, 6.45) is 4.20. The molecule has 0 radical (unpaired) electrons. The van der Waals surface area contributed by atoms with Gasteiger partial charge < -0.3 is 9.84 Å². The summed E-state index contributed by atoms with van der Waals surface area (Å²) in [5, 5.41) is 9.61. The second-order valence-corrected chi connectivity index (χ2v) is 11.4. The van der Waals surface area contributed by atoms with Crippen molar-refractivity contribution in [2.45, 2.75) is 37.8 Å². The Labute approximate surface area is 173 Å². The van der Waals surface area contributed by atoms with Gasteiger partial charge in [0.25, 0.3) is 0 Å². The van der Waals surface area contributed by atoms with Crippen LogP contribution in [0.3, 0.4) is 0 Å². The number of aliphatic hydroxyl groups excluding tert-OH is 1. The molecular formula is C19H30N2O6S2. The lowest BCUT2D eigenvalue weighted by atomic mass is 10.0. The zero-order valence-corrected chi connectivity index (χ0v) is 19.1. The van der Waals surface area contributed by atoms with Gasteiger partial charge in [-0.3, -0.25) is 0 Å². The maximum Gasteiger partial charge on any atom is 0.247 e. The zero-order chi connectivity index (χ0) is 22.0. The van der Waals surface area contributed by atoms with Crippen LogP contribution in [-0.4, -0.2) is 75.7 Å². The highest BCUT2D eigenvalue weighted by atomic mass is 32.2. The van der Waals surface area contributed by atoms with Gasteiger partial charge in [0.05, 0.1) is 19.4 Å². The molecule has 1 aliphatic rings. The molecule has 0 aliphatic carbocycles. The summed E-state index contributed by atoms with van der Waals surface area (Å²) in [4.78, 5) is 0.00459. The van der Waals surface area contributed by atoms with Crippen LogP contribution in [0.1, 0.15) is 26.3 Å². The van der Waals surface area contributed by atoms with E-state index < -0.39 is 32.2 Å². The van der Waals surface area contributed by atoms with Gasteiger partial charge in [-0.2, -0.15) is 4.31 Å². The number of hydrogen-bond acceptors (Lipinski definition) is 6. The third kappa shape index (κ3) is 5.37. The SMILES string of the molecule is C/C=C/c1ccc2c(c1)O[C@@H](CN(C)S(C)(=O)=O)[C@@H](C)CN([C@H](C)CO)S2(=O)=O. The minimum absolute atomic E-state index is 0.00459. The van der Waals surface area contributed by atoms with Crippen LogP contribution in [0.15, 0.2) is 29.2 Å². The van der Waals surface area contributed by atoms with Crippen molar-refractivity contribution in [3.05, 3.63) is 29.8 Å². The Balaban J connectivity index is 2.61.